The molecule has 224 valence electrons. The highest BCUT2D eigenvalue weighted by Gasteiger charge is 2.34. The molecule has 0 spiro atoms. The molecule has 0 heterocycles. The molecule has 43 heavy (non-hydrogen) atoms. The van der Waals surface area contributed by atoms with Gasteiger partial charge < -0.3 is 10.2 Å². The van der Waals surface area contributed by atoms with Gasteiger partial charge in [0.15, 0.2) is 0 Å². The van der Waals surface area contributed by atoms with Gasteiger partial charge in [-0.25, -0.2) is 8.42 Å². The fourth-order valence-corrected chi connectivity index (χ4v) is 6.33. The minimum Gasteiger partial charge on any atom is -0.355 e. The van der Waals surface area contributed by atoms with E-state index in [9.17, 15) is 18.0 Å². The van der Waals surface area contributed by atoms with E-state index in [2.05, 4.69) is 5.32 Å². The molecule has 0 aliphatic heterocycles. The van der Waals surface area contributed by atoms with Crippen molar-refractivity contribution in [1.82, 2.24) is 10.2 Å². The van der Waals surface area contributed by atoms with Gasteiger partial charge >= 0.3 is 0 Å². The van der Waals surface area contributed by atoms with Crippen LogP contribution in [0.15, 0.2) is 108 Å². The van der Waals surface area contributed by atoms with Crippen LogP contribution >= 0.6 is 11.6 Å². The molecule has 1 unspecified atom stereocenters. The van der Waals surface area contributed by atoms with Gasteiger partial charge in [0.25, 0.3) is 10.0 Å². The van der Waals surface area contributed by atoms with Crippen molar-refractivity contribution in [1.29, 1.82) is 0 Å². The molecule has 1 N–H and O–H groups in total. The van der Waals surface area contributed by atoms with Crippen molar-refractivity contribution < 1.29 is 18.0 Å². The van der Waals surface area contributed by atoms with Gasteiger partial charge in [0.05, 0.1) is 10.6 Å². The lowest BCUT2D eigenvalue weighted by Gasteiger charge is -2.34. The second kappa shape index (κ2) is 14.4. The number of hydrogen-bond acceptors (Lipinski definition) is 4. The molecule has 4 aromatic carbocycles. The third kappa shape index (κ3) is 8.03. The number of likely N-dealkylation sites (N-methyl/N-ethyl adjacent to an activating group) is 1. The number of rotatable bonds is 12. The van der Waals surface area contributed by atoms with E-state index in [1.54, 1.807) is 24.3 Å². The molecule has 0 aliphatic carbocycles. The van der Waals surface area contributed by atoms with Crippen LogP contribution in [-0.2, 0) is 32.6 Å². The molecule has 7 nitrogen and oxygen atoms in total. The van der Waals surface area contributed by atoms with Gasteiger partial charge in [-0.1, -0.05) is 83.9 Å². The highest BCUT2D eigenvalue weighted by Crippen LogP contribution is 2.26. The molecule has 9 heteroatoms. The van der Waals surface area contributed by atoms with Crippen LogP contribution < -0.4 is 9.62 Å². The lowest BCUT2D eigenvalue weighted by Crippen LogP contribution is -2.53. The number of carbonyl (C=O) groups is 2. The van der Waals surface area contributed by atoms with Gasteiger partial charge in [-0.15, -0.1) is 0 Å². The van der Waals surface area contributed by atoms with Crippen molar-refractivity contribution >= 4 is 39.1 Å². The van der Waals surface area contributed by atoms with Crippen LogP contribution in [0.5, 0.6) is 0 Å². The predicted octanol–water partition coefficient (Wildman–Crippen LogP) is 5.93. The number of amides is 2. The highest BCUT2D eigenvalue weighted by molar-refractivity contribution is 7.92. The SMILES string of the molecule is CCNC(=O)C(Cc1ccccc1)N(Cc1ccccc1C)C(=O)CN(c1ccc(C)cc1)S(=O)(=O)c1ccc(Cl)cc1. The Bertz CT molecular complexity index is 1640. The standard InChI is InChI=1S/C34H36ClN3O4S/c1-4-36-34(40)32(22-27-11-6-5-7-12-27)37(23-28-13-9-8-10-26(28)3)33(39)24-38(30-18-14-25(2)15-19-30)43(41,42)31-20-16-29(35)17-21-31/h5-21,32H,4,22-24H2,1-3H3,(H,36,40). The van der Waals surface area contributed by atoms with E-state index in [0.717, 1.165) is 26.6 Å². The van der Waals surface area contributed by atoms with Gasteiger partial charge in [-0.2, -0.15) is 0 Å². The van der Waals surface area contributed by atoms with Gasteiger partial charge in [-0.05, 0) is 73.9 Å². The molecular formula is C34H36ClN3O4S. The van der Waals surface area contributed by atoms with E-state index in [-0.39, 0.29) is 23.8 Å². The topological polar surface area (TPSA) is 86.8 Å². The van der Waals surface area contributed by atoms with Crippen LogP contribution in [0.4, 0.5) is 5.69 Å². The molecule has 1 atom stereocenters. The minimum absolute atomic E-state index is 0.000269. The average molecular weight is 618 g/mol. The van der Waals surface area contributed by atoms with Crippen molar-refractivity contribution in [3.05, 3.63) is 130 Å². The third-order valence-electron chi connectivity index (χ3n) is 7.23. The summed E-state index contributed by atoms with van der Waals surface area (Å²) in [4.78, 5) is 29.5. The number of benzene rings is 4. The Balaban J connectivity index is 1.80. The summed E-state index contributed by atoms with van der Waals surface area (Å²) in [5.41, 5.74) is 3.98. The lowest BCUT2D eigenvalue weighted by atomic mass is 10.0. The van der Waals surface area contributed by atoms with Crippen LogP contribution in [0.2, 0.25) is 5.02 Å². The quantitative estimate of drug-likeness (QED) is 0.214. The maximum Gasteiger partial charge on any atom is 0.264 e. The Morgan fingerprint density at radius 3 is 2.09 bits per heavy atom. The van der Waals surface area contributed by atoms with Gasteiger partial charge in [0, 0.05) is 24.5 Å². The zero-order valence-electron chi connectivity index (χ0n) is 24.5. The van der Waals surface area contributed by atoms with Crippen molar-refractivity contribution in [2.45, 2.75) is 44.7 Å². The van der Waals surface area contributed by atoms with Crippen LogP contribution in [0.1, 0.15) is 29.2 Å². The molecule has 2 amide bonds. The number of hydrogen-bond donors (Lipinski definition) is 1. The molecule has 0 saturated heterocycles. The van der Waals surface area contributed by atoms with Crippen LogP contribution in [-0.4, -0.2) is 44.3 Å². The Morgan fingerprint density at radius 2 is 1.47 bits per heavy atom. The zero-order valence-corrected chi connectivity index (χ0v) is 26.1. The fourth-order valence-electron chi connectivity index (χ4n) is 4.79. The molecular weight excluding hydrogens is 582 g/mol. The number of nitrogens with zero attached hydrogens (tertiary/aromatic N) is 2. The first-order valence-electron chi connectivity index (χ1n) is 14.1. The van der Waals surface area contributed by atoms with Crippen LogP contribution in [0.3, 0.4) is 0 Å². The smallest absolute Gasteiger partial charge is 0.264 e. The first-order chi connectivity index (χ1) is 20.6. The van der Waals surface area contributed by atoms with Gasteiger partial charge in [0.1, 0.15) is 12.6 Å². The molecule has 0 radical (unpaired) electrons. The maximum absolute atomic E-state index is 14.4. The number of sulfonamides is 1. The number of anilines is 1. The van der Waals surface area contributed by atoms with Gasteiger partial charge in [0.2, 0.25) is 11.8 Å². The molecule has 0 fully saturated rings. The van der Waals surface area contributed by atoms with Crippen molar-refractivity contribution in [3.63, 3.8) is 0 Å². The van der Waals surface area contributed by atoms with Crippen molar-refractivity contribution in [3.8, 4) is 0 Å². The Kier molecular flexibility index (Phi) is 10.6. The summed E-state index contributed by atoms with van der Waals surface area (Å²) < 4.78 is 29.2. The summed E-state index contributed by atoms with van der Waals surface area (Å²) in [7, 11) is -4.18. The highest BCUT2D eigenvalue weighted by atomic mass is 35.5. The number of aryl methyl sites for hydroxylation is 2. The van der Waals surface area contributed by atoms with Crippen molar-refractivity contribution in [2.24, 2.45) is 0 Å². The van der Waals surface area contributed by atoms with E-state index in [4.69, 9.17) is 11.6 Å². The van der Waals surface area contributed by atoms with Crippen molar-refractivity contribution in [2.75, 3.05) is 17.4 Å². The summed E-state index contributed by atoms with van der Waals surface area (Å²) in [6, 6.07) is 29.0. The normalized spacial score (nSPS) is 11.9. The summed E-state index contributed by atoms with van der Waals surface area (Å²) in [5, 5.41) is 3.27. The molecule has 0 saturated carbocycles. The van der Waals surface area contributed by atoms with E-state index in [1.165, 1.54) is 29.2 Å². The minimum atomic E-state index is -4.18. The fraction of sp³-hybridized carbons (Fsp3) is 0.235. The van der Waals surface area contributed by atoms with Crippen LogP contribution in [0, 0.1) is 13.8 Å². The van der Waals surface area contributed by atoms with Gasteiger partial charge in [-0.3, -0.25) is 13.9 Å². The molecule has 0 aromatic heterocycles. The average Bonchev–Trinajstić information content (AvgIpc) is 3.00. The predicted molar refractivity (Wildman–Crippen MR) is 172 cm³/mol. The Labute approximate surface area is 259 Å². The second-order valence-electron chi connectivity index (χ2n) is 10.3. The zero-order chi connectivity index (χ0) is 31.0. The number of nitrogens with one attached hydrogen (secondary N) is 1. The maximum atomic E-state index is 14.4. The summed E-state index contributed by atoms with van der Waals surface area (Å²) in [6.45, 7) is 5.67. The summed E-state index contributed by atoms with van der Waals surface area (Å²) in [6.07, 6.45) is 0.263. The van der Waals surface area contributed by atoms with E-state index < -0.39 is 28.5 Å². The Morgan fingerprint density at radius 1 is 0.837 bits per heavy atom. The van der Waals surface area contributed by atoms with E-state index >= 15 is 0 Å². The molecule has 4 rings (SSSR count). The first-order valence-corrected chi connectivity index (χ1v) is 15.9. The number of halogens is 1. The molecule has 0 aliphatic rings. The summed E-state index contributed by atoms with van der Waals surface area (Å²) >= 11 is 6.04. The Hall–Kier alpha value is -4.14. The molecule has 4 aromatic rings. The van der Waals surface area contributed by atoms with E-state index in [0.29, 0.717) is 17.3 Å². The molecule has 0 bridgehead atoms. The third-order valence-corrected chi connectivity index (χ3v) is 9.27. The summed E-state index contributed by atoms with van der Waals surface area (Å²) in [5.74, 6) is -0.815. The largest absolute Gasteiger partial charge is 0.355 e. The monoisotopic (exact) mass is 617 g/mol. The number of carbonyl (C=O) groups excluding carboxylic acids is 2. The van der Waals surface area contributed by atoms with Crippen LogP contribution in [0.25, 0.3) is 0 Å². The second-order valence-corrected chi connectivity index (χ2v) is 12.6. The first kappa shape index (κ1) is 31.8. The lowest BCUT2D eigenvalue weighted by molar-refractivity contribution is -0.140. The van der Waals surface area contributed by atoms with E-state index in [1.807, 2.05) is 75.4 Å².